The summed E-state index contributed by atoms with van der Waals surface area (Å²) in [6.07, 6.45) is -4.74. The number of phenols is 1. The first kappa shape index (κ1) is 14.5. The van der Waals surface area contributed by atoms with Gasteiger partial charge in [-0.3, -0.25) is 0 Å². The van der Waals surface area contributed by atoms with Gasteiger partial charge in [0, 0.05) is 5.56 Å². The van der Waals surface area contributed by atoms with Crippen LogP contribution in [0.25, 0.3) is 6.08 Å². The molecule has 0 saturated carbocycles. The van der Waals surface area contributed by atoms with E-state index < -0.39 is 12.0 Å². The first-order valence-corrected chi connectivity index (χ1v) is 5.29. The number of hydrogen-bond donors (Lipinski definition) is 1. The number of phenolic OH excluding ortho intramolecular Hbond substituents is 1. The van der Waals surface area contributed by atoms with E-state index in [9.17, 15) is 22.7 Å². The molecule has 0 aliphatic heterocycles. The maximum atomic E-state index is 12.8. The topological polar surface area (TPSA) is 20.2 Å². The molecule has 0 heterocycles. The van der Waals surface area contributed by atoms with E-state index in [1.165, 1.54) is 12.1 Å². The van der Waals surface area contributed by atoms with Crippen LogP contribution in [0.3, 0.4) is 0 Å². The van der Waals surface area contributed by atoms with Crippen molar-refractivity contribution in [1.82, 2.24) is 0 Å². The van der Waals surface area contributed by atoms with Gasteiger partial charge in [-0.1, -0.05) is 26.8 Å². The predicted molar refractivity (Wildman–Crippen MR) is 61.9 cm³/mol. The number of rotatable bonds is 1. The Balaban J connectivity index is 3.26. The molecule has 0 unspecified atom stereocenters. The van der Waals surface area contributed by atoms with E-state index in [1.54, 1.807) is 6.07 Å². The molecule has 0 fully saturated rings. The van der Waals surface area contributed by atoms with Gasteiger partial charge < -0.3 is 5.11 Å². The van der Waals surface area contributed by atoms with Crippen molar-refractivity contribution in [2.24, 2.45) is 0 Å². The van der Waals surface area contributed by atoms with Crippen LogP contribution in [0.5, 0.6) is 5.75 Å². The summed E-state index contributed by atoms with van der Waals surface area (Å²) in [6.45, 7) is 5.60. The fraction of sp³-hybridized carbons (Fsp3) is 0.385. The highest BCUT2D eigenvalue weighted by Crippen LogP contribution is 2.32. The van der Waals surface area contributed by atoms with Crippen LogP contribution >= 0.6 is 0 Å². The van der Waals surface area contributed by atoms with Gasteiger partial charge in [-0.25, -0.2) is 4.39 Å². The van der Waals surface area contributed by atoms with Crippen LogP contribution in [-0.4, -0.2) is 11.3 Å². The second kappa shape index (κ2) is 4.63. The fourth-order valence-corrected chi connectivity index (χ4v) is 1.35. The van der Waals surface area contributed by atoms with Crippen LogP contribution in [0, 0.1) is 0 Å². The Labute approximate surface area is 103 Å². The van der Waals surface area contributed by atoms with E-state index in [-0.39, 0.29) is 16.7 Å². The number of aromatic hydroxyl groups is 1. The molecule has 0 aliphatic carbocycles. The van der Waals surface area contributed by atoms with Gasteiger partial charge in [0.05, 0.1) is 0 Å². The lowest BCUT2D eigenvalue weighted by atomic mass is 9.86. The van der Waals surface area contributed by atoms with Gasteiger partial charge in [-0.15, -0.1) is 0 Å². The summed E-state index contributed by atoms with van der Waals surface area (Å²) in [4.78, 5) is 0. The summed E-state index contributed by atoms with van der Waals surface area (Å²) in [7, 11) is 0. The Morgan fingerprint density at radius 2 is 1.72 bits per heavy atom. The molecule has 1 N–H and O–H groups in total. The van der Waals surface area contributed by atoms with Gasteiger partial charge in [0.1, 0.15) is 5.75 Å². The molecule has 1 aromatic carbocycles. The van der Waals surface area contributed by atoms with E-state index in [0.717, 1.165) is 0 Å². The molecule has 1 aromatic rings. The van der Waals surface area contributed by atoms with Gasteiger partial charge in [0.15, 0.2) is 0 Å². The second-order valence-electron chi connectivity index (χ2n) is 5.01. The van der Waals surface area contributed by atoms with Crippen molar-refractivity contribution in [3.63, 3.8) is 0 Å². The van der Waals surface area contributed by atoms with Crippen LogP contribution in [0.1, 0.15) is 31.9 Å². The van der Waals surface area contributed by atoms with E-state index in [0.29, 0.717) is 11.6 Å². The monoisotopic (exact) mass is 262 g/mol. The van der Waals surface area contributed by atoms with Gasteiger partial charge >= 0.3 is 6.18 Å². The van der Waals surface area contributed by atoms with E-state index in [4.69, 9.17) is 0 Å². The van der Waals surface area contributed by atoms with E-state index >= 15 is 0 Å². The van der Waals surface area contributed by atoms with Gasteiger partial charge in [0.2, 0.25) is 5.83 Å². The Bertz CT molecular complexity index is 467. The molecule has 100 valence electrons. The Kier molecular flexibility index (Phi) is 3.74. The summed E-state index contributed by atoms with van der Waals surface area (Å²) in [5.41, 5.74) is 0.226. The zero-order valence-electron chi connectivity index (χ0n) is 10.3. The summed E-state index contributed by atoms with van der Waals surface area (Å²) in [5.74, 6) is -2.62. The Morgan fingerprint density at radius 3 is 2.17 bits per heavy atom. The average molecular weight is 262 g/mol. The number of halogens is 4. The molecule has 1 rings (SSSR count). The van der Waals surface area contributed by atoms with Crippen LogP contribution < -0.4 is 0 Å². The van der Waals surface area contributed by atoms with Crippen molar-refractivity contribution in [3.8, 4) is 5.75 Å². The van der Waals surface area contributed by atoms with Gasteiger partial charge in [0.25, 0.3) is 0 Å². The third-order valence-electron chi connectivity index (χ3n) is 2.45. The van der Waals surface area contributed by atoms with Crippen molar-refractivity contribution >= 4 is 6.08 Å². The number of alkyl halides is 3. The molecule has 0 spiro atoms. The minimum atomic E-state index is -5.04. The fourth-order valence-electron chi connectivity index (χ4n) is 1.35. The summed E-state index contributed by atoms with van der Waals surface area (Å²) >= 11 is 0. The molecule has 0 aliphatic rings. The molecule has 0 aromatic heterocycles. The first-order valence-electron chi connectivity index (χ1n) is 5.29. The van der Waals surface area contributed by atoms with Crippen LogP contribution in [0.15, 0.2) is 24.0 Å². The molecule has 0 atom stereocenters. The molecular formula is C13H14F4O. The summed E-state index contributed by atoms with van der Waals surface area (Å²) in [6, 6.07) is 4.20. The lowest BCUT2D eigenvalue weighted by Gasteiger charge is -2.19. The van der Waals surface area contributed by atoms with Crippen molar-refractivity contribution in [1.29, 1.82) is 0 Å². The molecule has 0 radical (unpaired) electrons. The number of allylic oxidation sites excluding steroid dienone is 1. The lowest BCUT2D eigenvalue weighted by Crippen LogP contribution is -2.11. The Hall–Kier alpha value is -1.52. The molecular weight excluding hydrogens is 248 g/mol. The van der Waals surface area contributed by atoms with Crippen molar-refractivity contribution in [3.05, 3.63) is 35.2 Å². The number of benzene rings is 1. The maximum absolute atomic E-state index is 12.8. The predicted octanol–water partition coefficient (Wildman–Crippen LogP) is 4.56. The standard InChI is InChI=1S/C13H14F4O/c1-12(2,3)9-4-5-10(18)8(6-9)7-11(14)13(15,16)17/h4-7,18H,1-3H3/b11-7-. The van der Waals surface area contributed by atoms with Crippen molar-refractivity contribution in [2.45, 2.75) is 32.4 Å². The average Bonchev–Trinajstić information content (AvgIpc) is 2.18. The van der Waals surface area contributed by atoms with Gasteiger partial charge in [-0.05, 0) is 29.2 Å². The molecule has 1 nitrogen and oxygen atoms in total. The summed E-state index contributed by atoms with van der Waals surface area (Å²) in [5, 5.41) is 9.44. The zero-order chi connectivity index (χ0) is 14.1. The normalized spacial score (nSPS) is 13.8. The molecule has 0 amide bonds. The minimum Gasteiger partial charge on any atom is -0.507 e. The van der Waals surface area contributed by atoms with Crippen LogP contribution in [0.2, 0.25) is 0 Å². The second-order valence-corrected chi connectivity index (χ2v) is 5.01. The highest BCUT2D eigenvalue weighted by molar-refractivity contribution is 5.60. The van der Waals surface area contributed by atoms with Crippen molar-refractivity contribution in [2.75, 3.05) is 0 Å². The third-order valence-corrected chi connectivity index (χ3v) is 2.45. The smallest absolute Gasteiger partial charge is 0.442 e. The minimum absolute atomic E-state index is 0.183. The van der Waals surface area contributed by atoms with Crippen molar-refractivity contribution < 1.29 is 22.7 Å². The van der Waals surface area contributed by atoms with E-state index in [2.05, 4.69) is 0 Å². The maximum Gasteiger partial charge on any atom is 0.442 e. The highest BCUT2D eigenvalue weighted by atomic mass is 19.4. The quantitative estimate of drug-likeness (QED) is 0.735. The molecule has 0 bridgehead atoms. The van der Waals surface area contributed by atoms with Crippen LogP contribution in [-0.2, 0) is 5.41 Å². The largest absolute Gasteiger partial charge is 0.507 e. The van der Waals surface area contributed by atoms with E-state index in [1.807, 2.05) is 20.8 Å². The molecule has 18 heavy (non-hydrogen) atoms. The van der Waals surface area contributed by atoms with Crippen LogP contribution in [0.4, 0.5) is 17.6 Å². The lowest BCUT2D eigenvalue weighted by molar-refractivity contribution is -0.107. The first-order chi connectivity index (χ1) is 8.01. The third kappa shape index (κ3) is 3.48. The highest BCUT2D eigenvalue weighted by Gasteiger charge is 2.34. The SMILES string of the molecule is CC(C)(C)c1ccc(O)c(/C=C(\F)C(F)(F)F)c1. The number of hydrogen-bond acceptors (Lipinski definition) is 1. The summed E-state index contributed by atoms with van der Waals surface area (Å²) < 4.78 is 49.1. The molecule has 5 heteroatoms. The molecule has 0 saturated heterocycles. The zero-order valence-corrected chi connectivity index (χ0v) is 10.3. The van der Waals surface area contributed by atoms with Gasteiger partial charge in [-0.2, -0.15) is 13.2 Å². The Morgan fingerprint density at radius 1 is 1.17 bits per heavy atom.